The van der Waals surface area contributed by atoms with Gasteiger partial charge >= 0.3 is 0 Å². The Labute approximate surface area is 102 Å². The average molecular weight is 236 g/mol. The summed E-state index contributed by atoms with van der Waals surface area (Å²) in [6.45, 7) is 7.78. The number of amides is 1. The lowest BCUT2D eigenvalue weighted by Gasteiger charge is -2.37. The molecule has 1 aliphatic rings. The lowest BCUT2D eigenvalue weighted by atomic mass is 10.1. The van der Waals surface area contributed by atoms with E-state index in [2.05, 4.69) is 19.2 Å². The van der Waals surface area contributed by atoms with Crippen LogP contribution in [0.1, 0.15) is 36.9 Å². The van der Waals surface area contributed by atoms with Crippen molar-refractivity contribution in [2.24, 2.45) is 0 Å². The molecule has 2 unspecified atom stereocenters. The van der Waals surface area contributed by atoms with E-state index in [0.717, 1.165) is 25.3 Å². The van der Waals surface area contributed by atoms with Gasteiger partial charge in [-0.2, -0.15) is 0 Å². The van der Waals surface area contributed by atoms with E-state index >= 15 is 0 Å². The van der Waals surface area contributed by atoms with Crippen molar-refractivity contribution in [1.29, 1.82) is 0 Å². The largest absolute Gasteiger partial charge is 0.469 e. The first kappa shape index (κ1) is 12.2. The van der Waals surface area contributed by atoms with Crippen molar-refractivity contribution in [2.75, 3.05) is 13.1 Å². The molecular weight excluding hydrogens is 216 g/mol. The van der Waals surface area contributed by atoms with Gasteiger partial charge < -0.3 is 14.6 Å². The molecule has 2 rings (SSSR count). The smallest absolute Gasteiger partial charge is 0.257 e. The van der Waals surface area contributed by atoms with Crippen LogP contribution in [-0.4, -0.2) is 36.0 Å². The Bertz CT molecular complexity index is 400. The van der Waals surface area contributed by atoms with Gasteiger partial charge in [0.05, 0.1) is 11.8 Å². The fraction of sp³-hybridized carbons (Fsp3) is 0.615. The van der Waals surface area contributed by atoms with Crippen LogP contribution >= 0.6 is 0 Å². The Morgan fingerprint density at radius 2 is 2.35 bits per heavy atom. The number of hydrogen-bond donors (Lipinski definition) is 1. The van der Waals surface area contributed by atoms with Crippen LogP contribution in [0.4, 0.5) is 0 Å². The number of carbonyl (C=O) groups is 1. The zero-order valence-corrected chi connectivity index (χ0v) is 10.7. The van der Waals surface area contributed by atoms with Crippen molar-refractivity contribution < 1.29 is 9.21 Å². The Kier molecular flexibility index (Phi) is 3.52. The maximum atomic E-state index is 12.4. The minimum atomic E-state index is 0.0939. The first-order valence-corrected chi connectivity index (χ1v) is 6.24. The highest BCUT2D eigenvalue weighted by Gasteiger charge is 2.29. The predicted molar refractivity (Wildman–Crippen MR) is 66.0 cm³/mol. The van der Waals surface area contributed by atoms with Crippen LogP contribution in [0.3, 0.4) is 0 Å². The molecule has 94 valence electrons. The van der Waals surface area contributed by atoms with Gasteiger partial charge in [0.25, 0.3) is 5.91 Å². The SMILES string of the molecule is CCc1occc1C(=O)N1CC(C)NCC1C. The van der Waals surface area contributed by atoms with E-state index in [4.69, 9.17) is 4.42 Å². The first-order valence-electron chi connectivity index (χ1n) is 6.24. The number of aryl methyl sites for hydroxylation is 1. The van der Waals surface area contributed by atoms with Crippen LogP contribution in [0.25, 0.3) is 0 Å². The molecule has 0 saturated carbocycles. The summed E-state index contributed by atoms with van der Waals surface area (Å²) in [6.07, 6.45) is 2.35. The molecule has 0 radical (unpaired) electrons. The molecule has 1 N–H and O–H groups in total. The molecule has 17 heavy (non-hydrogen) atoms. The third-order valence-electron chi connectivity index (χ3n) is 3.32. The molecular formula is C13H20N2O2. The second kappa shape index (κ2) is 4.92. The summed E-state index contributed by atoms with van der Waals surface area (Å²) >= 11 is 0. The summed E-state index contributed by atoms with van der Waals surface area (Å²) in [5.41, 5.74) is 0.716. The van der Waals surface area contributed by atoms with Crippen LogP contribution in [-0.2, 0) is 6.42 Å². The molecule has 4 nitrogen and oxygen atoms in total. The fourth-order valence-electron chi connectivity index (χ4n) is 2.26. The molecule has 1 fully saturated rings. The lowest BCUT2D eigenvalue weighted by Crippen LogP contribution is -2.56. The second-order valence-corrected chi connectivity index (χ2v) is 4.73. The van der Waals surface area contributed by atoms with Gasteiger partial charge in [0.15, 0.2) is 0 Å². The van der Waals surface area contributed by atoms with Crippen LogP contribution in [0.5, 0.6) is 0 Å². The van der Waals surface area contributed by atoms with E-state index in [1.54, 1.807) is 12.3 Å². The third-order valence-corrected chi connectivity index (χ3v) is 3.32. The minimum Gasteiger partial charge on any atom is -0.469 e. The topological polar surface area (TPSA) is 45.5 Å². The summed E-state index contributed by atoms with van der Waals surface area (Å²) in [4.78, 5) is 14.4. The maximum absolute atomic E-state index is 12.4. The van der Waals surface area contributed by atoms with Crippen LogP contribution < -0.4 is 5.32 Å². The van der Waals surface area contributed by atoms with Crippen molar-refractivity contribution in [1.82, 2.24) is 10.2 Å². The van der Waals surface area contributed by atoms with E-state index in [1.165, 1.54) is 0 Å². The maximum Gasteiger partial charge on any atom is 0.257 e. The molecule has 4 heteroatoms. The van der Waals surface area contributed by atoms with Crippen LogP contribution in [0, 0.1) is 0 Å². The highest BCUT2D eigenvalue weighted by atomic mass is 16.3. The number of piperazine rings is 1. The van der Waals surface area contributed by atoms with Gasteiger partial charge in [-0.1, -0.05) is 6.92 Å². The van der Waals surface area contributed by atoms with E-state index in [1.807, 2.05) is 11.8 Å². The van der Waals surface area contributed by atoms with Crippen molar-refractivity contribution in [3.8, 4) is 0 Å². The molecule has 1 amide bonds. The number of carbonyl (C=O) groups excluding carboxylic acids is 1. The van der Waals surface area contributed by atoms with Crippen molar-refractivity contribution in [2.45, 2.75) is 39.3 Å². The summed E-state index contributed by atoms with van der Waals surface area (Å²) in [7, 11) is 0. The number of rotatable bonds is 2. The highest BCUT2D eigenvalue weighted by Crippen LogP contribution is 2.17. The van der Waals surface area contributed by atoms with Crippen molar-refractivity contribution >= 4 is 5.91 Å². The monoisotopic (exact) mass is 236 g/mol. The zero-order chi connectivity index (χ0) is 12.4. The number of hydrogen-bond acceptors (Lipinski definition) is 3. The van der Waals surface area contributed by atoms with Gasteiger partial charge in [-0.15, -0.1) is 0 Å². The van der Waals surface area contributed by atoms with E-state index in [9.17, 15) is 4.79 Å². The Balaban J connectivity index is 2.18. The van der Waals surface area contributed by atoms with Gasteiger partial charge in [-0.25, -0.2) is 0 Å². The standard InChI is InChI=1S/C13H20N2O2/c1-4-12-11(5-6-17-12)13(16)15-8-9(2)14-7-10(15)3/h5-6,9-10,14H,4,7-8H2,1-3H3. The molecule has 1 saturated heterocycles. The number of nitrogens with zero attached hydrogens (tertiary/aromatic N) is 1. The fourth-order valence-corrected chi connectivity index (χ4v) is 2.26. The van der Waals surface area contributed by atoms with Gasteiger partial charge in [-0.05, 0) is 19.9 Å². The van der Waals surface area contributed by atoms with Crippen LogP contribution in [0.2, 0.25) is 0 Å². The molecule has 1 aromatic rings. The van der Waals surface area contributed by atoms with Gasteiger partial charge in [0.1, 0.15) is 5.76 Å². The summed E-state index contributed by atoms with van der Waals surface area (Å²) < 4.78 is 5.32. The van der Waals surface area contributed by atoms with E-state index in [0.29, 0.717) is 11.6 Å². The predicted octanol–water partition coefficient (Wildman–Crippen LogP) is 1.66. The molecule has 2 heterocycles. The van der Waals surface area contributed by atoms with Gasteiger partial charge in [0.2, 0.25) is 0 Å². The van der Waals surface area contributed by atoms with Crippen molar-refractivity contribution in [3.05, 3.63) is 23.7 Å². The minimum absolute atomic E-state index is 0.0939. The summed E-state index contributed by atoms with van der Waals surface area (Å²) in [5, 5.41) is 3.37. The quantitative estimate of drug-likeness (QED) is 0.849. The molecule has 0 spiro atoms. The van der Waals surface area contributed by atoms with Gasteiger partial charge in [0, 0.05) is 31.6 Å². The normalized spacial score (nSPS) is 25.0. The Morgan fingerprint density at radius 3 is 3.06 bits per heavy atom. The first-order chi connectivity index (χ1) is 8.13. The van der Waals surface area contributed by atoms with E-state index < -0.39 is 0 Å². The van der Waals surface area contributed by atoms with Gasteiger partial charge in [-0.3, -0.25) is 4.79 Å². The third kappa shape index (κ3) is 2.36. The summed E-state index contributed by atoms with van der Waals surface area (Å²) in [6, 6.07) is 2.37. The molecule has 1 aliphatic heterocycles. The molecule has 2 atom stereocenters. The summed E-state index contributed by atoms with van der Waals surface area (Å²) in [5.74, 6) is 0.879. The Morgan fingerprint density at radius 1 is 1.59 bits per heavy atom. The highest BCUT2D eigenvalue weighted by molar-refractivity contribution is 5.95. The molecule has 0 bridgehead atoms. The van der Waals surface area contributed by atoms with E-state index in [-0.39, 0.29) is 11.9 Å². The number of furan rings is 1. The number of nitrogens with one attached hydrogen (secondary N) is 1. The van der Waals surface area contributed by atoms with Crippen molar-refractivity contribution in [3.63, 3.8) is 0 Å². The lowest BCUT2D eigenvalue weighted by molar-refractivity contribution is 0.0614. The second-order valence-electron chi connectivity index (χ2n) is 4.73. The molecule has 1 aromatic heterocycles. The average Bonchev–Trinajstić information content (AvgIpc) is 2.79. The van der Waals surface area contributed by atoms with Crippen LogP contribution in [0.15, 0.2) is 16.7 Å². The Hall–Kier alpha value is -1.29. The zero-order valence-electron chi connectivity index (χ0n) is 10.7. The molecule has 0 aliphatic carbocycles. The molecule has 0 aromatic carbocycles.